The lowest BCUT2D eigenvalue weighted by Gasteiger charge is -2.27. The zero-order valence-electron chi connectivity index (χ0n) is 9.41. The van der Waals surface area contributed by atoms with Crippen LogP contribution in [0.3, 0.4) is 0 Å². The number of hydrogen-bond acceptors (Lipinski definition) is 4. The van der Waals surface area contributed by atoms with Gasteiger partial charge in [-0.25, -0.2) is 5.84 Å². The number of likely N-dealkylation sites (N-methyl/N-ethyl adjacent to an activating group) is 1. The highest BCUT2D eigenvalue weighted by atomic mass is 16.5. The molecule has 84 valence electrons. The molecule has 0 bridgehead atoms. The summed E-state index contributed by atoms with van der Waals surface area (Å²) in [7, 11) is 3.46. The van der Waals surface area contributed by atoms with Gasteiger partial charge in [-0.2, -0.15) is 0 Å². The van der Waals surface area contributed by atoms with Crippen LogP contribution in [0.25, 0.3) is 0 Å². The largest absolute Gasteiger partial charge is 0.383 e. The number of nitrogens with two attached hydrogens (primary N) is 1. The first-order valence-electron chi connectivity index (χ1n) is 4.72. The van der Waals surface area contributed by atoms with Crippen LogP contribution in [-0.4, -0.2) is 44.2 Å². The molecule has 0 aliphatic heterocycles. The number of carbonyl (C=O) groups excluding carboxylic acids is 1. The normalized spacial score (nSPS) is 13.4. The second kappa shape index (κ2) is 6.75. The van der Waals surface area contributed by atoms with Gasteiger partial charge in [-0.3, -0.25) is 15.1 Å². The average Bonchev–Trinajstić information content (AvgIpc) is 2.11. The third kappa shape index (κ3) is 4.55. The zero-order valence-corrected chi connectivity index (χ0v) is 9.41. The molecule has 1 unspecified atom stereocenters. The molecule has 0 heterocycles. The number of methoxy groups -OCH3 is 1. The fourth-order valence-electron chi connectivity index (χ4n) is 1.36. The van der Waals surface area contributed by atoms with Crippen LogP contribution in [0.2, 0.25) is 0 Å². The standard InChI is InChI=1S/C9H21N3O2/c1-7(2)5-12(3)8(6-14-4)9(13)11-10/h7-8H,5-6,10H2,1-4H3,(H,11,13). The lowest BCUT2D eigenvalue weighted by Crippen LogP contribution is -2.50. The minimum atomic E-state index is -0.313. The smallest absolute Gasteiger partial charge is 0.253 e. The van der Waals surface area contributed by atoms with Crippen LogP contribution in [0.4, 0.5) is 0 Å². The van der Waals surface area contributed by atoms with Crippen LogP contribution in [0.15, 0.2) is 0 Å². The van der Waals surface area contributed by atoms with Crippen molar-refractivity contribution in [3.63, 3.8) is 0 Å². The molecule has 0 aromatic carbocycles. The van der Waals surface area contributed by atoms with Crippen LogP contribution >= 0.6 is 0 Å². The maximum atomic E-state index is 11.4. The monoisotopic (exact) mass is 203 g/mol. The van der Waals surface area contributed by atoms with Gasteiger partial charge in [0.2, 0.25) is 0 Å². The van der Waals surface area contributed by atoms with Crippen molar-refractivity contribution in [1.29, 1.82) is 0 Å². The fourth-order valence-corrected chi connectivity index (χ4v) is 1.36. The Kier molecular flexibility index (Phi) is 6.44. The number of ether oxygens (including phenoxy) is 1. The van der Waals surface area contributed by atoms with Gasteiger partial charge in [0.15, 0.2) is 0 Å². The summed E-state index contributed by atoms with van der Waals surface area (Å²) in [6.07, 6.45) is 0. The summed E-state index contributed by atoms with van der Waals surface area (Å²) in [5.41, 5.74) is 2.14. The van der Waals surface area contributed by atoms with Crippen molar-refractivity contribution >= 4 is 5.91 Å². The number of carbonyl (C=O) groups is 1. The molecule has 0 fully saturated rings. The van der Waals surface area contributed by atoms with Crippen LogP contribution in [0.1, 0.15) is 13.8 Å². The van der Waals surface area contributed by atoms with E-state index >= 15 is 0 Å². The third-order valence-electron chi connectivity index (χ3n) is 1.95. The minimum absolute atomic E-state index is 0.213. The molecular formula is C9H21N3O2. The third-order valence-corrected chi connectivity index (χ3v) is 1.95. The Bertz CT molecular complexity index is 173. The Hall–Kier alpha value is -0.650. The van der Waals surface area contributed by atoms with Crippen molar-refractivity contribution in [2.75, 3.05) is 27.3 Å². The highest BCUT2D eigenvalue weighted by molar-refractivity contribution is 5.81. The van der Waals surface area contributed by atoms with Gasteiger partial charge in [0, 0.05) is 13.7 Å². The second-order valence-electron chi connectivity index (χ2n) is 3.81. The maximum absolute atomic E-state index is 11.4. The summed E-state index contributed by atoms with van der Waals surface area (Å²) >= 11 is 0. The van der Waals surface area contributed by atoms with Crippen molar-refractivity contribution in [3.8, 4) is 0 Å². The summed E-state index contributed by atoms with van der Waals surface area (Å²) in [5.74, 6) is 5.38. The first-order chi connectivity index (χ1) is 6.52. The molecule has 3 N–H and O–H groups in total. The van der Waals surface area contributed by atoms with E-state index in [4.69, 9.17) is 10.6 Å². The Morgan fingerprint density at radius 1 is 1.57 bits per heavy atom. The molecule has 0 radical (unpaired) electrons. The van der Waals surface area contributed by atoms with Gasteiger partial charge in [0.25, 0.3) is 5.91 Å². The van der Waals surface area contributed by atoms with E-state index in [2.05, 4.69) is 19.3 Å². The summed E-state index contributed by atoms with van der Waals surface area (Å²) in [6.45, 7) is 5.38. The van der Waals surface area contributed by atoms with Crippen molar-refractivity contribution in [2.24, 2.45) is 11.8 Å². The molecule has 0 aromatic heterocycles. The number of rotatable bonds is 6. The van der Waals surface area contributed by atoms with Crippen LogP contribution in [0.5, 0.6) is 0 Å². The highest BCUT2D eigenvalue weighted by Gasteiger charge is 2.22. The Labute approximate surface area is 85.6 Å². The molecule has 0 rings (SSSR count). The summed E-state index contributed by atoms with van der Waals surface area (Å²) < 4.78 is 4.97. The van der Waals surface area contributed by atoms with Crippen LogP contribution in [-0.2, 0) is 9.53 Å². The Balaban J connectivity index is 4.24. The van der Waals surface area contributed by atoms with Gasteiger partial charge in [-0.05, 0) is 13.0 Å². The molecule has 0 aliphatic rings. The molecule has 5 heteroatoms. The average molecular weight is 203 g/mol. The van der Waals surface area contributed by atoms with Crippen molar-refractivity contribution in [2.45, 2.75) is 19.9 Å². The van der Waals surface area contributed by atoms with E-state index in [1.54, 1.807) is 7.11 Å². The molecule has 0 aliphatic carbocycles. The lowest BCUT2D eigenvalue weighted by atomic mass is 10.1. The summed E-state index contributed by atoms with van der Waals surface area (Å²) in [4.78, 5) is 13.3. The molecule has 1 atom stereocenters. The summed E-state index contributed by atoms with van der Waals surface area (Å²) in [5, 5.41) is 0. The van der Waals surface area contributed by atoms with E-state index in [9.17, 15) is 4.79 Å². The fraction of sp³-hybridized carbons (Fsp3) is 0.889. The topological polar surface area (TPSA) is 67.6 Å². The zero-order chi connectivity index (χ0) is 11.1. The van der Waals surface area contributed by atoms with Crippen molar-refractivity contribution < 1.29 is 9.53 Å². The SMILES string of the molecule is COCC(C(=O)NN)N(C)CC(C)C. The van der Waals surface area contributed by atoms with E-state index in [-0.39, 0.29) is 11.9 Å². The van der Waals surface area contributed by atoms with E-state index in [0.29, 0.717) is 12.5 Å². The lowest BCUT2D eigenvalue weighted by molar-refractivity contribution is -0.128. The number of amides is 1. The van der Waals surface area contributed by atoms with E-state index in [1.165, 1.54) is 0 Å². The number of nitrogens with zero attached hydrogens (tertiary/aromatic N) is 1. The molecule has 0 saturated carbocycles. The first kappa shape index (κ1) is 13.4. The molecule has 5 nitrogen and oxygen atoms in total. The molecule has 1 amide bonds. The predicted octanol–water partition coefficient (Wildman–Crippen LogP) is -0.421. The number of hydrogen-bond donors (Lipinski definition) is 2. The molecular weight excluding hydrogens is 182 g/mol. The maximum Gasteiger partial charge on any atom is 0.253 e. The quantitative estimate of drug-likeness (QED) is 0.349. The minimum Gasteiger partial charge on any atom is -0.383 e. The van der Waals surface area contributed by atoms with Gasteiger partial charge in [0.05, 0.1) is 6.61 Å². The van der Waals surface area contributed by atoms with Gasteiger partial charge >= 0.3 is 0 Å². The second-order valence-corrected chi connectivity index (χ2v) is 3.81. The molecule has 0 saturated heterocycles. The van der Waals surface area contributed by atoms with Gasteiger partial charge in [-0.1, -0.05) is 13.8 Å². The van der Waals surface area contributed by atoms with Crippen molar-refractivity contribution in [3.05, 3.63) is 0 Å². The van der Waals surface area contributed by atoms with E-state index in [1.807, 2.05) is 11.9 Å². The van der Waals surface area contributed by atoms with E-state index in [0.717, 1.165) is 6.54 Å². The van der Waals surface area contributed by atoms with E-state index < -0.39 is 0 Å². The highest BCUT2D eigenvalue weighted by Crippen LogP contribution is 2.02. The Morgan fingerprint density at radius 2 is 2.14 bits per heavy atom. The Morgan fingerprint density at radius 3 is 2.50 bits per heavy atom. The van der Waals surface area contributed by atoms with Crippen LogP contribution < -0.4 is 11.3 Å². The van der Waals surface area contributed by atoms with Gasteiger partial charge in [0.1, 0.15) is 6.04 Å². The predicted molar refractivity (Wildman–Crippen MR) is 55.5 cm³/mol. The molecule has 14 heavy (non-hydrogen) atoms. The first-order valence-corrected chi connectivity index (χ1v) is 4.72. The molecule has 0 aromatic rings. The summed E-state index contributed by atoms with van der Waals surface area (Å²) in [6, 6.07) is -0.313. The number of hydrazine groups is 1. The van der Waals surface area contributed by atoms with Gasteiger partial charge < -0.3 is 4.74 Å². The number of nitrogens with one attached hydrogen (secondary N) is 1. The van der Waals surface area contributed by atoms with Crippen LogP contribution in [0, 0.1) is 5.92 Å². The van der Waals surface area contributed by atoms with Crippen molar-refractivity contribution in [1.82, 2.24) is 10.3 Å². The van der Waals surface area contributed by atoms with Gasteiger partial charge in [-0.15, -0.1) is 0 Å². The molecule has 0 spiro atoms.